The highest BCUT2D eigenvalue weighted by molar-refractivity contribution is 6.30. The van der Waals surface area contributed by atoms with Crippen LogP contribution in [0.25, 0.3) is 0 Å². The van der Waals surface area contributed by atoms with Crippen molar-refractivity contribution in [2.24, 2.45) is 11.8 Å². The van der Waals surface area contributed by atoms with Gasteiger partial charge in [-0.2, -0.15) is 0 Å². The summed E-state index contributed by atoms with van der Waals surface area (Å²) in [5, 5.41) is 12.3. The first kappa shape index (κ1) is 15.8. The third-order valence-electron chi connectivity index (χ3n) is 4.29. The zero-order valence-corrected chi connectivity index (χ0v) is 13.1. The van der Waals surface area contributed by atoms with E-state index in [0.29, 0.717) is 10.7 Å². The van der Waals surface area contributed by atoms with Gasteiger partial charge in [-0.25, -0.2) is 4.79 Å². The highest BCUT2D eigenvalue weighted by atomic mass is 35.5. The van der Waals surface area contributed by atoms with Crippen LogP contribution in [0.15, 0.2) is 24.3 Å². The Morgan fingerprint density at radius 3 is 2.48 bits per heavy atom. The molecule has 7 heteroatoms. The minimum atomic E-state index is -1.01. The van der Waals surface area contributed by atoms with Gasteiger partial charge in [0.05, 0.1) is 5.92 Å². The normalized spacial score (nSPS) is 22.0. The number of carbonyl (C=O) groups excluding carboxylic acids is 2. The van der Waals surface area contributed by atoms with Crippen LogP contribution in [0, 0.1) is 11.8 Å². The van der Waals surface area contributed by atoms with E-state index in [2.05, 4.69) is 5.32 Å². The third kappa shape index (κ3) is 3.47. The molecule has 0 spiro atoms. The molecule has 1 aliphatic heterocycles. The third-order valence-corrected chi connectivity index (χ3v) is 4.54. The van der Waals surface area contributed by atoms with E-state index in [1.165, 1.54) is 4.90 Å². The molecule has 23 heavy (non-hydrogen) atoms. The van der Waals surface area contributed by atoms with Crippen LogP contribution in [0.4, 0.5) is 5.69 Å². The number of hydrogen-bond acceptors (Lipinski definition) is 3. The summed E-state index contributed by atoms with van der Waals surface area (Å²) < 4.78 is 0. The van der Waals surface area contributed by atoms with E-state index < -0.39 is 17.9 Å². The molecule has 2 aliphatic rings. The van der Waals surface area contributed by atoms with Crippen molar-refractivity contribution in [3.05, 3.63) is 29.3 Å². The molecule has 0 bridgehead atoms. The lowest BCUT2D eigenvalue weighted by Gasteiger charge is -2.18. The van der Waals surface area contributed by atoms with Crippen LogP contribution in [0.2, 0.25) is 5.02 Å². The molecule has 2 N–H and O–H groups in total. The molecule has 1 saturated heterocycles. The summed E-state index contributed by atoms with van der Waals surface area (Å²) in [6, 6.07) is 5.98. The van der Waals surface area contributed by atoms with Gasteiger partial charge in [-0.15, -0.1) is 0 Å². The van der Waals surface area contributed by atoms with E-state index >= 15 is 0 Å². The molecule has 0 aromatic heterocycles. The second kappa shape index (κ2) is 6.20. The van der Waals surface area contributed by atoms with Crippen LogP contribution in [0.3, 0.4) is 0 Å². The summed E-state index contributed by atoms with van der Waals surface area (Å²) in [5.74, 6) is -2.04. The smallest absolute Gasteiger partial charge is 0.326 e. The molecular weight excluding hydrogens is 320 g/mol. The van der Waals surface area contributed by atoms with Crippen molar-refractivity contribution in [1.82, 2.24) is 5.32 Å². The molecule has 0 radical (unpaired) electrons. The summed E-state index contributed by atoms with van der Waals surface area (Å²) in [7, 11) is 0. The molecule has 1 aliphatic carbocycles. The van der Waals surface area contributed by atoms with Crippen molar-refractivity contribution in [1.29, 1.82) is 0 Å². The average Bonchev–Trinajstić information content (AvgIpc) is 3.27. The minimum Gasteiger partial charge on any atom is -0.480 e. The van der Waals surface area contributed by atoms with Gasteiger partial charge >= 0.3 is 5.97 Å². The summed E-state index contributed by atoms with van der Waals surface area (Å²) >= 11 is 5.83. The maximum absolute atomic E-state index is 12.3. The lowest BCUT2D eigenvalue weighted by Crippen LogP contribution is -2.45. The average molecular weight is 337 g/mol. The van der Waals surface area contributed by atoms with Crippen molar-refractivity contribution >= 4 is 35.1 Å². The number of carbonyl (C=O) groups is 3. The number of carboxylic acids is 1. The molecule has 2 amide bonds. The molecule has 1 aromatic carbocycles. The fraction of sp³-hybridized carbons (Fsp3) is 0.438. The first-order chi connectivity index (χ1) is 11.0. The molecule has 122 valence electrons. The first-order valence-corrected chi connectivity index (χ1v) is 7.92. The molecule has 3 rings (SSSR count). The number of aliphatic carboxylic acids is 1. The molecular formula is C16H17ClN2O4. The van der Waals surface area contributed by atoms with Crippen molar-refractivity contribution in [2.45, 2.75) is 25.3 Å². The van der Waals surface area contributed by atoms with Gasteiger partial charge in [-0.05, 0) is 43.0 Å². The lowest BCUT2D eigenvalue weighted by atomic mass is 10.1. The Morgan fingerprint density at radius 2 is 1.91 bits per heavy atom. The van der Waals surface area contributed by atoms with Crippen LogP contribution in [0.5, 0.6) is 0 Å². The Morgan fingerprint density at radius 1 is 1.26 bits per heavy atom. The van der Waals surface area contributed by atoms with E-state index in [1.807, 2.05) is 0 Å². The number of hydrogen-bond donors (Lipinski definition) is 2. The van der Waals surface area contributed by atoms with Gasteiger partial charge in [0.15, 0.2) is 0 Å². The van der Waals surface area contributed by atoms with Crippen molar-refractivity contribution < 1.29 is 19.5 Å². The van der Waals surface area contributed by atoms with E-state index in [4.69, 9.17) is 11.6 Å². The summed E-state index contributed by atoms with van der Waals surface area (Å²) in [6.45, 7) is 0.253. The maximum atomic E-state index is 12.3. The van der Waals surface area contributed by atoms with Gasteiger partial charge in [0.2, 0.25) is 11.8 Å². The Labute approximate surface area is 138 Å². The topological polar surface area (TPSA) is 86.7 Å². The molecule has 2 unspecified atom stereocenters. The number of rotatable bonds is 5. The zero-order chi connectivity index (χ0) is 16.6. The van der Waals surface area contributed by atoms with Crippen molar-refractivity contribution in [3.63, 3.8) is 0 Å². The van der Waals surface area contributed by atoms with Crippen LogP contribution < -0.4 is 10.2 Å². The molecule has 6 nitrogen and oxygen atoms in total. The number of amides is 2. The SMILES string of the molecule is O=C(NC(C(=O)O)C1CC1)C1CC(=O)N(c2ccc(Cl)cc2)C1. The molecule has 1 aromatic rings. The van der Waals surface area contributed by atoms with Crippen LogP contribution >= 0.6 is 11.6 Å². The highest BCUT2D eigenvalue weighted by Crippen LogP contribution is 2.33. The van der Waals surface area contributed by atoms with Gasteiger partial charge in [-0.3, -0.25) is 9.59 Å². The number of anilines is 1. The van der Waals surface area contributed by atoms with Crippen LogP contribution in [0.1, 0.15) is 19.3 Å². The highest BCUT2D eigenvalue weighted by Gasteiger charge is 2.41. The number of halogens is 1. The predicted molar refractivity (Wildman–Crippen MR) is 84.2 cm³/mol. The molecule has 1 heterocycles. The number of nitrogens with zero attached hydrogens (tertiary/aromatic N) is 1. The van der Waals surface area contributed by atoms with Gasteiger partial charge in [-0.1, -0.05) is 11.6 Å². The summed E-state index contributed by atoms with van der Waals surface area (Å²) in [5.41, 5.74) is 0.687. The van der Waals surface area contributed by atoms with E-state index in [-0.39, 0.29) is 30.7 Å². The fourth-order valence-electron chi connectivity index (χ4n) is 2.84. The number of benzene rings is 1. The molecule has 2 fully saturated rings. The summed E-state index contributed by atoms with van der Waals surface area (Å²) in [4.78, 5) is 37.2. The largest absolute Gasteiger partial charge is 0.480 e. The standard InChI is InChI=1S/C16H17ClN2O4/c17-11-3-5-12(6-4-11)19-8-10(7-13(19)20)15(21)18-14(16(22)23)9-1-2-9/h3-6,9-10,14H,1-2,7-8H2,(H,18,21)(H,22,23). The molecule has 1 saturated carbocycles. The first-order valence-electron chi connectivity index (χ1n) is 7.55. The summed E-state index contributed by atoms with van der Waals surface area (Å²) in [6.07, 6.45) is 1.72. The zero-order valence-electron chi connectivity index (χ0n) is 12.4. The second-order valence-electron chi connectivity index (χ2n) is 6.04. The predicted octanol–water partition coefficient (Wildman–Crippen LogP) is 1.67. The van der Waals surface area contributed by atoms with Gasteiger partial charge in [0, 0.05) is 23.7 Å². The number of nitrogens with one attached hydrogen (secondary N) is 1. The molecule has 2 atom stereocenters. The minimum absolute atomic E-state index is 0.0147. The van der Waals surface area contributed by atoms with E-state index in [1.54, 1.807) is 24.3 Å². The maximum Gasteiger partial charge on any atom is 0.326 e. The Hall–Kier alpha value is -2.08. The fourth-order valence-corrected chi connectivity index (χ4v) is 2.96. The van der Waals surface area contributed by atoms with Gasteiger partial charge in [0.25, 0.3) is 0 Å². The van der Waals surface area contributed by atoms with Crippen molar-refractivity contribution in [2.75, 3.05) is 11.4 Å². The van der Waals surface area contributed by atoms with E-state index in [0.717, 1.165) is 12.8 Å². The second-order valence-corrected chi connectivity index (χ2v) is 6.48. The Balaban J connectivity index is 1.65. The van der Waals surface area contributed by atoms with Crippen LogP contribution in [-0.2, 0) is 14.4 Å². The monoisotopic (exact) mass is 336 g/mol. The quantitative estimate of drug-likeness (QED) is 0.856. The van der Waals surface area contributed by atoms with Gasteiger partial charge < -0.3 is 15.3 Å². The van der Waals surface area contributed by atoms with E-state index in [9.17, 15) is 19.5 Å². The van der Waals surface area contributed by atoms with Crippen molar-refractivity contribution in [3.8, 4) is 0 Å². The van der Waals surface area contributed by atoms with Gasteiger partial charge in [0.1, 0.15) is 6.04 Å². The van der Waals surface area contributed by atoms with Crippen LogP contribution in [-0.4, -0.2) is 35.5 Å². The Bertz CT molecular complexity index is 642. The number of carboxylic acid groups (broad SMARTS) is 1. The Kier molecular flexibility index (Phi) is 4.26. The lowest BCUT2D eigenvalue weighted by molar-refractivity contribution is -0.143.